The molecule has 0 radical (unpaired) electrons. The van der Waals surface area contributed by atoms with Gasteiger partial charge >= 0.3 is 0 Å². The number of rotatable bonds is 4. The average molecular weight is 248 g/mol. The standard InChI is InChI=1S/C11H12N4OS/c12-9-7-10(16)15-11(14-9)17-6-3-8-1-4-13-5-2-8/h1-2,4-5,7H,3,6H2,(H3,12,14,15,16). The normalized spacial score (nSPS) is 10.4. The quantitative estimate of drug-likeness (QED) is 0.624. The lowest BCUT2D eigenvalue weighted by molar-refractivity contribution is 0.943. The van der Waals surface area contributed by atoms with Gasteiger partial charge < -0.3 is 10.7 Å². The van der Waals surface area contributed by atoms with E-state index < -0.39 is 0 Å². The van der Waals surface area contributed by atoms with E-state index in [4.69, 9.17) is 5.73 Å². The molecule has 2 aromatic heterocycles. The highest BCUT2D eigenvalue weighted by Crippen LogP contribution is 2.13. The Balaban J connectivity index is 1.92. The van der Waals surface area contributed by atoms with Crippen LogP contribution in [-0.2, 0) is 6.42 Å². The molecule has 5 nitrogen and oxygen atoms in total. The molecule has 0 amide bonds. The number of H-pyrrole nitrogens is 1. The minimum Gasteiger partial charge on any atom is -0.383 e. The smallest absolute Gasteiger partial charge is 0.253 e. The summed E-state index contributed by atoms with van der Waals surface area (Å²) in [5.41, 5.74) is 6.48. The van der Waals surface area contributed by atoms with Crippen molar-refractivity contribution in [1.29, 1.82) is 0 Å². The number of pyridine rings is 1. The summed E-state index contributed by atoms with van der Waals surface area (Å²) in [4.78, 5) is 21.8. The average Bonchev–Trinajstić information content (AvgIpc) is 2.29. The molecular formula is C11H12N4OS. The molecule has 0 aromatic carbocycles. The minimum absolute atomic E-state index is 0.219. The van der Waals surface area contributed by atoms with Crippen LogP contribution < -0.4 is 11.3 Å². The molecule has 2 rings (SSSR count). The molecule has 0 bridgehead atoms. The van der Waals surface area contributed by atoms with Crippen molar-refractivity contribution >= 4 is 17.6 Å². The summed E-state index contributed by atoms with van der Waals surface area (Å²) in [6.07, 6.45) is 4.42. The first-order valence-corrected chi connectivity index (χ1v) is 6.11. The van der Waals surface area contributed by atoms with Gasteiger partial charge in [0.05, 0.1) is 0 Å². The Morgan fingerprint density at radius 1 is 1.35 bits per heavy atom. The third-order valence-electron chi connectivity index (χ3n) is 2.12. The highest BCUT2D eigenvalue weighted by molar-refractivity contribution is 7.99. The van der Waals surface area contributed by atoms with Gasteiger partial charge in [0, 0.05) is 24.2 Å². The van der Waals surface area contributed by atoms with Gasteiger partial charge in [0.1, 0.15) is 5.82 Å². The largest absolute Gasteiger partial charge is 0.383 e. The molecule has 0 unspecified atom stereocenters. The van der Waals surface area contributed by atoms with Gasteiger partial charge in [0.25, 0.3) is 5.56 Å². The van der Waals surface area contributed by atoms with Gasteiger partial charge in [0.15, 0.2) is 5.16 Å². The van der Waals surface area contributed by atoms with Crippen molar-refractivity contribution in [3.8, 4) is 0 Å². The molecule has 0 saturated carbocycles. The lowest BCUT2D eigenvalue weighted by Gasteiger charge is -2.01. The summed E-state index contributed by atoms with van der Waals surface area (Å²) in [5, 5.41) is 0.559. The zero-order valence-electron chi connectivity index (χ0n) is 9.09. The molecule has 2 aromatic rings. The fraction of sp³-hybridized carbons (Fsp3) is 0.182. The highest BCUT2D eigenvalue weighted by Gasteiger charge is 2.00. The van der Waals surface area contributed by atoms with E-state index in [9.17, 15) is 4.79 Å². The first-order valence-electron chi connectivity index (χ1n) is 5.12. The van der Waals surface area contributed by atoms with Crippen LogP contribution in [0.1, 0.15) is 5.56 Å². The number of hydrogen-bond donors (Lipinski definition) is 2. The second-order valence-electron chi connectivity index (χ2n) is 3.43. The Labute approximate surface area is 103 Å². The maximum Gasteiger partial charge on any atom is 0.253 e. The molecule has 0 saturated heterocycles. The molecule has 3 N–H and O–H groups in total. The number of nitrogens with one attached hydrogen (secondary N) is 1. The van der Waals surface area contributed by atoms with E-state index in [1.165, 1.54) is 23.4 Å². The van der Waals surface area contributed by atoms with Gasteiger partial charge in [-0.1, -0.05) is 11.8 Å². The second kappa shape index (κ2) is 5.49. The van der Waals surface area contributed by atoms with Crippen molar-refractivity contribution in [2.75, 3.05) is 11.5 Å². The molecule has 0 aliphatic rings. The van der Waals surface area contributed by atoms with E-state index in [1.54, 1.807) is 12.4 Å². The Kier molecular flexibility index (Phi) is 3.77. The van der Waals surface area contributed by atoms with Crippen LogP contribution in [-0.4, -0.2) is 20.7 Å². The van der Waals surface area contributed by atoms with Crippen LogP contribution >= 0.6 is 11.8 Å². The summed E-state index contributed by atoms with van der Waals surface area (Å²) < 4.78 is 0. The van der Waals surface area contributed by atoms with Crippen molar-refractivity contribution in [2.24, 2.45) is 0 Å². The summed E-state index contributed by atoms with van der Waals surface area (Å²) in [7, 11) is 0. The monoisotopic (exact) mass is 248 g/mol. The van der Waals surface area contributed by atoms with E-state index in [0.717, 1.165) is 12.2 Å². The minimum atomic E-state index is -0.219. The molecule has 0 spiro atoms. The van der Waals surface area contributed by atoms with Gasteiger partial charge in [-0.3, -0.25) is 9.78 Å². The fourth-order valence-corrected chi connectivity index (χ4v) is 2.21. The van der Waals surface area contributed by atoms with E-state index in [2.05, 4.69) is 15.0 Å². The predicted octanol–water partition coefficient (Wildman–Crippen LogP) is 1.08. The van der Waals surface area contributed by atoms with Crippen molar-refractivity contribution in [2.45, 2.75) is 11.6 Å². The molecule has 0 aliphatic carbocycles. The van der Waals surface area contributed by atoms with Gasteiger partial charge in [-0.05, 0) is 24.1 Å². The first kappa shape index (κ1) is 11.7. The number of thioether (sulfide) groups is 1. The SMILES string of the molecule is Nc1cc(=O)[nH]c(SCCc2ccncc2)n1. The summed E-state index contributed by atoms with van der Waals surface area (Å²) in [5.74, 6) is 1.08. The van der Waals surface area contributed by atoms with Crippen LogP contribution in [0.15, 0.2) is 40.5 Å². The van der Waals surface area contributed by atoms with Gasteiger partial charge in [-0.25, -0.2) is 4.98 Å². The van der Waals surface area contributed by atoms with E-state index >= 15 is 0 Å². The maximum atomic E-state index is 11.1. The molecule has 6 heteroatoms. The molecule has 0 aliphatic heterocycles. The Morgan fingerprint density at radius 2 is 2.12 bits per heavy atom. The lowest BCUT2D eigenvalue weighted by atomic mass is 10.2. The molecule has 2 heterocycles. The van der Waals surface area contributed by atoms with Gasteiger partial charge in [-0.15, -0.1) is 0 Å². The number of aromatic amines is 1. The summed E-state index contributed by atoms with van der Waals surface area (Å²) in [6.45, 7) is 0. The number of nitrogen functional groups attached to an aromatic ring is 1. The van der Waals surface area contributed by atoms with Crippen molar-refractivity contribution < 1.29 is 0 Å². The maximum absolute atomic E-state index is 11.1. The number of anilines is 1. The van der Waals surface area contributed by atoms with Crippen LogP contribution in [0, 0.1) is 0 Å². The van der Waals surface area contributed by atoms with Crippen LogP contribution in [0.2, 0.25) is 0 Å². The number of nitrogens with zero attached hydrogens (tertiary/aromatic N) is 2. The number of aromatic nitrogens is 3. The third kappa shape index (κ3) is 3.60. The molecule has 88 valence electrons. The van der Waals surface area contributed by atoms with Crippen LogP contribution in [0.4, 0.5) is 5.82 Å². The molecule has 17 heavy (non-hydrogen) atoms. The van der Waals surface area contributed by atoms with Crippen molar-refractivity contribution in [3.05, 3.63) is 46.5 Å². The second-order valence-corrected chi connectivity index (χ2v) is 4.51. The highest BCUT2D eigenvalue weighted by atomic mass is 32.2. The Hall–Kier alpha value is -1.82. The van der Waals surface area contributed by atoms with Crippen LogP contribution in [0.5, 0.6) is 0 Å². The van der Waals surface area contributed by atoms with Crippen molar-refractivity contribution in [1.82, 2.24) is 15.0 Å². The molecular weight excluding hydrogens is 236 g/mol. The number of aryl methyl sites for hydroxylation is 1. The first-order chi connectivity index (χ1) is 8.24. The van der Waals surface area contributed by atoms with Crippen LogP contribution in [0.25, 0.3) is 0 Å². The Morgan fingerprint density at radius 3 is 2.82 bits per heavy atom. The van der Waals surface area contributed by atoms with E-state index in [-0.39, 0.29) is 11.4 Å². The third-order valence-corrected chi connectivity index (χ3v) is 2.99. The fourth-order valence-electron chi connectivity index (χ4n) is 1.34. The Bertz CT molecular complexity index is 541. The zero-order chi connectivity index (χ0) is 12.1. The lowest BCUT2D eigenvalue weighted by Crippen LogP contribution is -2.09. The molecule has 0 fully saturated rings. The molecule has 0 atom stereocenters. The zero-order valence-corrected chi connectivity index (χ0v) is 9.91. The van der Waals surface area contributed by atoms with Gasteiger partial charge in [-0.2, -0.15) is 0 Å². The number of hydrogen-bond acceptors (Lipinski definition) is 5. The summed E-state index contributed by atoms with van der Waals surface area (Å²) >= 11 is 1.48. The number of nitrogens with two attached hydrogens (primary N) is 1. The van der Waals surface area contributed by atoms with E-state index in [1.807, 2.05) is 12.1 Å². The van der Waals surface area contributed by atoms with Crippen LogP contribution in [0.3, 0.4) is 0 Å². The van der Waals surface area contributed by atoms with Gasteiger partial charge in [0.2, 0.25) is 0 Å². The predicted molar refractivity (Wildman–Crippen MR) is 67.9 cm³/mol. The van der Waals surface area contributed by atoms with Crippen molar-refractivity contribution in [3.63, 3.8) is 0 Å². The summed E-state index contributed by atoms with van der Waals surface area (Å²) in [6, 6.07) is 5.21. The van der Waals surface area contributed by atoms with E-state index in [0.29, 0.717) is 5.16 Å². The topological polar surface area (TPSA) is 84.7 Å².